The number of aryl methyl sites for hydroxylation is 3. The van der Waals surface area contributed by atoms with E-state index in [2.05, 4.69) is 17.2 Å². The standard InChI is InChI=1S/C17H27N3O2S/c1-4-16(21)20-10-6-7-14(11-20)17(22)18-9-5-8-15-19-12(2)13(3)23-15/h14H,4-11H2,1-3H3,(H,18,22). The average Bonchev–Trinajstić information content (AvgIpc) is 2.88. The number of nitrogens with zero attached hydrogens (tertiary/aromatic N) is 2. The van der Waals surface area contributed by atoms with Gasteiger partial charge in [0, 0.05) is 37.4 Å². The Labute approximate surface area is 142 Å². The molecule has 2 amide bonds. The zero-order valence-electron chi connectivity index (χ0n) is 14.4. The summed E-state index contributed by atoms with van der Waals surface area (Å²) >= 11 is 1.74. The topological polar surface area (TPSA) is 62.3 Å². The van der Waals surface area contributed by atoms with E-state index in [0.29, 0.717) is 19.5 Å². The summed E-state index contributed by atoms with van der Waals surface area (Å²) in [4.78, 5) is 31.6. The zero-order chi connectivity index (χ0) is 16.8. The van der Waals surface area contributed by atoms with Gasteiger partial charge in [0.15, 0.2) is 0 Å². The van der Waals surface area contributed by atoms with Crippen molar-refractivity contribution in [3.63, 3.8) is 0 Å². The number of piperidine rings is 1. The summed E-state index contributed by atoms with van der Waals surface area (Å²) < 4.78 is 0. The first-order valence-electron chi connectivity index (χ1n) is 8.49. The molecule has 0 aliphatic carbocycles. The van der Waals surface area contributed by atoms with Gasteiger partial charge in [-0.1, -0.05) is 6.92 Å². The van der Waals surface area contributed by atoms with E-state index in [9.17, 15) is 9.59 Å². The Kier molecular flexibility index (Phi) is 6.57. The third kappa shape index (κ3) is 5.03. The summed E-state index contributed by atoms with van der Waals surface area (Å²) in [6.45, 7) is 8.03. The third-order valence-electron chi connectivity index (χ3n) is 4.39. The summed E-state index contributed by atoms with van der Waals surface area (Å²) in [7, 11) is 0. The fraction of sp³-hybridized carbons (Fsp3) is 0.706. The van der Waals surface area contributed by atoms with Gasteiger partial charge in [-0.25, -0.2) is 4.98 Å². The molecule has 23 heavy (non-hydrogen) atoms. The second-order valence-corrected chi connectivity index (χ2v) is 7.46. The van der Waals surface area contributed by atoms with Crippen LogP contribution in [0.15, 0.2) is 0 Å². The van der Waals surface area contributed by atoms with Gasteiger partial charge in [0.25, 0.3) is 0 Å². The number of thiazole rings is 1. The van der Waals surface area contributed by atoms with E-state index >= 15 is 0 Å². The molecule has 1 aliphatic heterocycles. The highest BCUT2D eigenvalue weighted by Crippen LogP contribution is 2.18. The number of likely N-dealkylation sites (tertiary alicyclic amines) is 1. The Morgan fingerprint density at radius 3 is 2.83 bits per heavy atom. The van der Waals surface area contributed by atoms with Crippen molar-refractivity contribution in [2.45, 2.75) is 52.9 Å². The van der Waals surface area contributed by atoms with Gasteiger partial charge in [-0.3, -0.25) is 9.59 Å². The second kappa shape index (κ2) is 8.43. The highest BCUT2D eigenvalue weighted by Gasteiger charge is 2.27. The van der Waals surface area contributed by atoms with Crippen molar-refractivity contribution in [2.24, 2.45) is 5.92 Å². The summed E-state index contributed by atoms with van der Waals surface area (Å²) in [5, 5.41) is 4.17. The van der Waals surface area contributed by atoms with Gasteiger partial charge in [0.2, 0.25) is 11.8 Å². The molecule has 1 atom stereocenters. The van der Waals surface area contributed by atoms with Crippen LogP contribution in [-0.2, 0) is 16.0 Å². The number of hydrogen-bond donors (Lipinski definition) is 1. The molecular formula is C17H27N3O2S. The SMILES string of the molecule is CCC(=O)N1CCCC(C(=O)NCCCc2nc(C)c(C)s2)C1. The maximum absolute atomic E-state index is 12.3. The first-order chi connectivity index (χ1) is 11.0. The molecule has 1 saturated heterocycles. The van der Waals surface area contributed by atoms with E-state index in [1.54, 1.807) is 11.3 Å². The maximum Gasteiger partial charge on any atom is 0.224 e. The molecule has 0 aromatic carbocycles. The Morgan fingerprint density at radius 1 is 1.39 bits per heavy atom. The molecule has 1 fully saturated rings. The van der Waals surface area contributed by atoms with Crippen LogP contribution in [0.4, 0.5) is 0 Å². The minimum absolute atomic E-state index is 0.0522. The normalized spacial score (nSPS) is 18.0. The smallest absolute Gasteiger partial charge is 0.224 e. The predicted octanol–water partition coefficient (Wildman–Crippen LogP) is 2.46. The van der Waals surface area contributed by atoms with Crippen LogP contribution < -0.4 is 5.32 Å². The predicted molar refractivity (Wildman–Crippen MR) is 92.5 cm³/mol. The molecule has 1 N–H and O–H groups in total. The van der Waals surface area contributed by atoms with Crippen LogP contribution in [-0.4, -0.2) is 41.3 Å². The molecule has 1 aromatic rings. The molecule has 1 aromatic heterocycles. The molecule has 1 aliphatic rings. The number of aromatic nitrogens is 1. The molecule has 5 nitrogen and oxygen atoms in total. The maximum atomic E-state index is 12.3. The minimum atomic E-state index is -0.0522. The van der Waals surface area contributed by atoms with Gasteiger partial charge in [0.05, 0.1) is 16.6 Å². The van der Waals surface area contributed by atoms with Gasteiger partial charge < -0.3 is 10.2 Å². The highest BCUT2D eigenvalue weighted by atomic mass is 32.1. The van der Waals surface area contributed by atoms with E-state index in [1.165, 1.54) is 4.88 Å². The lowest BCUT2D eigenvalue weighted by atomic mass is 9.97. The van der Waals surface area contributed by atoms with E-state index in [1.807, 2.05) is 18.7 Å². The van der Waals surface area contributed by atoms with Crippen LogP contribution in [0.5, 0.6) is 0 Å². The first-order valence-corrected chi connectivity index (χ1v) is 9.31. The molecular weight excluding hydrogens is 310 g/mol. The number of amides is 2. The van der Waals surface area contributed by atoms with Crippen LogP contribution >= 0.6 is 11.3 Å². The number of hydrogen-bond acceptors (Lipinski definition) is 4. The highest BCUT2D eigenvalue weighted by molar-refractivity contribution is 7.11. The van der Waals surface area contributed by atoms with E-state index < -0.39 is 0 Å². The molecule has 2 rings (SSSR count). The monoisotopic (exact) mass is 337 g/mol. The Bertz CT molecular complexity index is 537. The van der Waals surface area contributed by atoms with E-state index in [4.69, 9.17) is 0 Å². The van der Waals surface area contributed by atoms with Gasteiger partial charge in [-0.2, -0.15) is 0 Å². The number of carbonyl (C=O) groups excluding carboxylic acids is 2. The molecule has 6 heteroatoms. The lowest BCUT2D eigenvalue weighted by molar-refractivity contribution is -0.135. The molecule has 1 unspecified atom stereocenters. The lowest BCUT2D eigenvalue weighted by Gasteiger charge is -2.31. The van der Waals surface area contributed by atoms with Crippen molar-refractivity contribution in [3.05, 3.63) is 15.6 Å². The third-order valence-corrected chi connectivity index (χ3v) is 5.52. The van der Waals surface area contributed by atoms with Crippen molar-refractivity contribution in [3.8, 4) is 0 Å². The van der Waals surface area contributed by atoms with Gasteiger partial charge in [0.1, 0.15) is 0 Å². The van der Waals surface area contributed by atoms with Gasteiger partial charge in [-0.15, -0.1) is 11.3 Å². The Hall–Kier alpha value is -1.43. The molecule has 0 bridgehead atoms. The van der Waals surface area contributed by atoms with Crippen molar-refractivity contribution < 1.29 is 9.59 Å². The molecule has 0 spiro atoms. The number of rotatable bonds is 6. The van der Waals surface area contributed by atoms with Gasteiger partial charge >= 0.3 is 0 Å². The molecule has 0 saturated carbocycles. The summed E-state index contributed by atoms with van der Waals surface area (Å²) in [5.74, 6) is 0.186. The van der Waals surface area contributed by atoms with Crippen LogP contribution in [0.2, 0.25) is 0 Å². The minimum Gasteiger partial charge on any atom is -0.356 e. The summed E-state index contributed by atoms with van der Waals surface area (Å²) in [6, 6.07) is 0. The van der Waals surface area contributed by atoms with Crippen molar-refractivity contribution in [1.82, 2.24) is 15.2 Å². The van der Waals surface area contributed by atoms with Crippen LogP contribution in [0.25, 0.3) is 0 Å². The lowest BCUT2D eigenvalue weighted by Crippen LogP contribution is -2.45. The number of nitrogens with one attached hydrogen (secondary N) is 1. The van der Waals surface area contributed by atoms with Crippen molar-refractivity contribution in [1.29, 1.82) is 0 Å². The molecule has 0 radical (unpaired) electrons. The number of carbonyl (C=O) groups is 2. The fourth-order valence-electron chi connectivity index (χ4n) is 2.88. The largest absolute Gasteiger partial charge is 0.356 e. The van der Waals surface area contributed by atoms with E-state index in [0.717, 1.165) is 42.9 Å². The Morgan fingerprint density at radius 2 is 2.17 bits per heavy atom. The zero-order valence-corrected chi connectivity index (χ0v) is 15.2. The van der Waals surface area contributed by atoms with Crippen molar-refractivity contribution >= 4 is 23.2 Å². The van der Waals surface area contributed by atoms with Crippen LogP contribution in [0, 0.1) is 19.8 Å². The van der Waals surface area contributed by atoms with Crippen LogP contribution in [0.1, 0.15) is 48.2 Å². The molecule has 128 valence electrons. The van der Waals surface area contributed by atoms with E-state index in [-0.39, 0.29) is 17.7 Å². The Balaban J connectivity index is 1.71. The fourth-order valence-corrected chi connectivity index (χ4v) is 3.86. The van der Waals surface area contributed by atoms with Crippen molar-refractivity contribution in [2.75, 3.05) is 19.6 Å². The quantitative estimate of drug-likeness (QED) is 0.811. The molecule has 2 heterocycles. The summed E-state index contributed by atoms with van der Waals surface area (Å²) in [6.07, 6.45) is 4.12. The second-order valence-electron chi connectivity index (χ2n) is 6.18. The van der Waals surface area contributed by atoms with Crippen LogP contribution in [0.3, 0.4) is 0 Å². The first kappa shape index (κ1) is 17.9. The van der Waals surface area contributed by atoms with Gasteiger partial charge in [-0.05, 0) is 33.1 Å². The average molecular weight is 337 g/mol. The summed E-state index contributed by atoms with van der Waals surface area (Å²) in [5.41, 5.74) is 1.11.